The van der Waals surface area contributed by atoms with Crippen LogP contribution in [0.5, 0.6) is 0 Å². The molecule has 1 N–H and O–H groups in total. The molecule has 2 aromatic carbocycles. The number of rotatable bonds is 4. The van der Waals surface area contributed by atoms with Crippen LogP contribution in [-0.2, 0) is 6.42 Å². The molecule has 0 bridgehead atoms. The molecule has 3 aromatic rings. The van der Waals surface area contributed by atoms with Gasteiger partial charge < -0.3 is 4.98 Å². The van der Waals surface area contributed by atoms with Gasteiger partial charge in [-0.05, 0) is 35.6 Å². The zero-order chi connectivity index (χ0) is 14.8. The van der Waals surface area contributed by atoms with E-state index in [0.29, 0.717) is 11.8 Å². The largest absolute Gasteiger partial charge is 0.342 e. The lowest BCUT2D eigenvalue weighted by Gasteiger charge is -2.10. The van der Waals surface area contributed by atoms with E-state index < -0.39 is 0 Å². The minimum atomic E-state index is 0.391. The summed E-state index contributed by atoms with van der Waals surface area (Å²) in [5, 5.41) is 0. The maximum atomic E-state index is 4.70. The average Bonchev–Trinajstić information content (AvgIpc) is 2.92. The molecule has 21 heavy (non-hydrogen) atoms. The minimum Gasteiger partial charge on any atom is -0.342 e. The van der Waals surface area contributed by atoms with Gasteiger partial charge >= 0.3 is 0 Å². The number of fused-ring (bicyclic) bond motifs is 1. The van der Waals surface area contributed by atoms with Crippen molar-refractivity contribution in [2.75, 3.05) is 0 Å². The number of hydrogen-bond donors (Lipinski definition) is 1. The molecule has 0 amide bonds. The number of H-pyrrole nitrogens is 1. The molecule has 1 atom stereocenters. The van der Waals surface area contributed by atoms with Gasteiger partial charge in [-0.3, -0.25) is 0 Å². The van der Waals surface area contributed by atoms with Gasteiger partial charge in [-0.2, -0.15) is 0 Å². The Labute approximate surface area is 126 Å². The van der Waals surface area contributed by atoms with Gasteiger partial charge in [-0.25, -0.2) is 4.98 Å². The van der Waals surface area contributed by atoms with Gasteiger partial charge in [0.05, 0.1) is 11.0 Å². The predicted octanol–water partition coefficient (Wildman–Crippen LogP) is 5.03. The highest BCUT2D eigenvalue weighted by molar-refractivity contribution is 5.74. The Balaban J connectivity index is 1.77. The molecule has 1 heterocycles. The highest BCUT2D eigenvalue weighted by Gasteiger charge is 2.11. The number of hydrogen-bond acceptors (Lipinski definition) is 1. The summed E-state index contributed by atoms with van der Waals surface area (Å²) in [5.74, 6) is 2.05. The third-order valence-electron chi connectivity index (χ3n) is 4.06. The summed E-state index contributed by atoms with van der Waals surface area (Å²) in [6.45, 7) is 6.69. The lowest BCUT2D eigenvalue weighted by molar-refractivity contribution is 0.712. The first-order valence-corrected chi connectivity index (χ1v) is 7.67. The maximum Gasteiger partial charge on any atom is 0.110 e. The van der Waals surface area contributed by atoms with E-state index >= 15 is 0 Å². The number of benzene rings is 2. The Kier molecular flexibility index (Phi) is 3.78. The Bertz CT molecular complexity index is 690. The average molecular weight is 278 g/mol. The van der Waals surface area contributed by atoms with Crippen molar-refractivity contribution < 1.29 is 0 Å². The van der Waals surface area contributed by atoms with E-state index in [9.17, 15) is 0 Å². The molecule has 0 aliphatic rings. The fraction of sp³-hybridized carbons (Fsp3) is 0.316. The summed E-state index contributed by atoms with van der Waals surface area (Å²) in [7, 11) is 0. The van der Waals surface area contributed by atoms with Crippen LogP contribution in [-0.4, -0.2) is 9.97 Å². The first-order chi connectivity index (χ1) is 10.1. The SMILES string of the molecule is CC(C)c1ccc(CC(C)c2nc3ccccc3[nH]2)cc1. The predicted molar refractivity (Wildman–Crippen MR) is 88.7 cm³/mol. The summed E-state index contributed by atoms with van der Waals surface area (Å²) < 4.78 is 0. The van der Waals surface area contributed by atoms with Crippen LogP contribution < -0.4 is 0 Å². The number of nitrogens with zero attached hydrogens (tertiary/aromatic N) is 1. The van der Waals surface area contributed by atoms with Crippen molar-refractivity contribution >= 4 is 11.0 Å². The third-order valence-corrected chi connectivity index (χ3v) is 4.06. The van der Waals surface area contributed by atoms with Crippen LogP contribution in [0, 0.1) is 0 Å². The quantitative estimate of drug-likeness (QED) is 0.712. The summed E-state index contributed by atoms with van der Waals surface area (Å²) in [5.41, 5.74) is 4.94. The van der Waals surface area contributed by atoms with E-state index in [2.05, 4.69) is 62.2 Å². The van der Waals surface area contributed by atoms with Crippen molar-refractivity contribution in [3.63, 3.8) is 0 Å². The lowest BCUT2D eigenvalue weighted by atomic mass is 9.97. The fourth-order valence-electron chi connectivity index (χ4n) is 2.69. The second-order valence-electron chi connectivity index (χ2n) is 6.14. The van der Waals surface area contributed by atoms with Crippen molar-refractivity contribution in [1.82, 2.24) is 9.97 Å². The lowest BCUT2D eigenvalue weighted by Crippen LogP contribution is -2.01. The Hall–Kier alpha value is -2.09. The number of aromatic nitrogens is 2. The standard InChI is InChI=1S/C19H22N2/c1-13(2)16-10-8-15(9-11-16)12-14(3)19-20-17-6-4-5-7-18(17)21-19/h4-11,13-14H,12H2,1-3H3,(H,20,21). The van der Waals surface area contributed by atoms with Gasteiger partial charge in [0, 0.05) is 5.92 Å². The molecule has 1 unspecified atom stereocenters. The number of para-hydroxylation sites is 2. The minimum absolute atomic E-state index is 0.391. The third kappa shape index (κ3) is 2.99. The van der Waals surface area contributed by atoms with E-state index in [1.807, 2.05) is 12.1 Å². The van der Waals surface area contributed by atoms with Gasteiger partial charge in [0.15, 0.2) is 0 Å². The summed E-state index contributed by atoms with van der Waals surface area (Å²) in [6.07, 6.45) is 1.01. The van der Waals surface area contributed by atoms with Crippen molar-refractivity contribution in [2.24, 2.45) is 0 Å². The first kappa shape index (κ1) is 13.9. The van der Waals surface area contributed by atoms with Gasteiger partial charge in [0.25, 0.3) is 0 Å². The van der Waals surface area contributed by atoms with E-state index in [1.54, 1.807) is 0 Å². The summed E-state index contributed by atoms with van der Waals surface area (Å²) in [6, 6.07) is 17.2. The van der Waals surface area contributed by atoms with Crippen molar-refractivity contribution in [3.8, 4) is 0 Å². The molecular weight excluding hydrogens is 256 g/mol. The van der Waals surface area contributed by atoms with Crippen LogP contribution in [0.15, 0.2) is 48.5 Å². The van der Waals surface area contributed by atoms with Crippen LogP contribution in [0.1, 0.15) is 49.6 Å². The molecule has 0 aliphatic heterocycles. The highest BCUT2D eigenvalue weighted by Crippen LogP contribution is 2.22. The van der Waals surface area contributed by atoms with Crippen molar-refractivity contribution in [2.45, 2.75) is 39.0 Å². The van der Waals surface area contributed by atoms with Crippen LogP contribution >= 0.6 is 0 Å². The fourth-order valence-corrected chi connectivity index (χ4v) is 2.69. The molecular formula is C19H22N2. The van der Waals surface area contributed by atoms with Crippen LogP contribution in [0.25, 0.3) is 11.0 Å². The van der Waals surface area contributed by atoms with Gasteiger partial charge in [0.1, 0.15) is 5.82 Å². The first-order valence-electron chi connectivity index (χ1n) is 7.67. The second kappa shape index (κ2) is 5.72. The molecule has 1 aromatic heterocycles. The molecule has 2 heteroatoms. The van der Waals surface area contributed by atoms with E-state index in [0.717, 1.165) is 23.3 Å². The summed E-state index contributed by atoms with van der Waals surface area (Å²) >= 11 is 0. The zero-order valence-corrected chi connectivity index (χ0v) is 12.9. The molecule has 0 radical (unpaired) electrons. The van der Waals surface area contributed by atoms with E-state index in [-0.39, 0.29) is 0 Å². The van der Waals surface area contributed by atoms with Gasteiger partial charge in [-0.15, -0.1) is 0 Å². The Morgan fingerprint density at radius 1 is 0.952 bits per heavy atom. The van der Waals surface area contributed by atoms with Gasteiger partial charge in [0.2, 0.25) is 0 Å². The van der Waals surface area contributed by atoms with Crippen molar-refractivity contribution in [3.05, 3.63) is 65.5 Å². The molecule has 0 saturated heterocycles. The molecule has 108 valence electrons. The molecule has 0 fully saturated rings. The number of aromatic amines is 1. The maximum absolute atomic E-state index is 4.70. The molecule has 0 aliphatic carbocycles. The molecule has 0 spiro atoms. The van der Waals surface area contributed by atoms with E-state index in [1.165, 1.54) is 11.1 Å². The monoisotopic (exact) mass is 278 g/mol. The molecule has 2 nitrogen and oxygen atoms in total. The summed E-state index contributed by atoms with van der Waals surface area (Å²) in [4.78, 5) is 8.13. The zero-order valence-electron chi connectivity index (χ0n) is 12.9. The topological polar surface area (TPSA) is 28.7 Å². The van der Waals surface area contributed by atoms with Crippen LogP contribution in [0.4, 0.5) is 0 Å². The normalized spacial score (nSPS) is 13.0. The molecule has 0 saturated carbocycles. The number of imidazole rings is 1. The van der Waals surface area contributed by atoms with Gasteiger partial charge in [-0.1, -0.05) is 57.2 Å². The van der Waals surface area contributed by atoms with Crippen molar-refractivity contribution in [1.29, 1.82) is 0 Å². The number of nitrogens with one attached hydrogen (secondary N) is 1. The van der Waals surface area contributed by atoms with E-state index in [4.69, 9.17) is 4.98 Å². The van der Waals surface area contributed by atoms with Crippen LogP contribution in [0.2, 0.25) is 0 Å². The molecule has 3 rings (SSSR count). The van der Waals surface area contributed by atoms with Crippen LogP contribution in [0.3, 0.4) is 0 Å². The second-order valence-corrected chi connectivity index (χ2v) is 6.14. The highest BCUT2D eigenvalue weighted by atomic mass is 14.9. The smallest absolute Gasteiger partial charge is 0.110 e. The Morgan fingerprint density at radius 2 is 1.67 bits per heavy atom. The Morgan fingerprint density at radius 3 is 2.33 bits per heavy atom.